The summed E-state index contributed by atoms with van der Waals surface area (Å²) in [6.07, 6.45) is 24.0. The van der Waals surface area contributed by atoms with Crippen molar-refractivity contribution in [3.05, 3.63) is 24.6 Å². The molecular weight excluding hydrogens is 296 g/mol. The summed E-state index contributed by atoms with van der Waals surface area (Å²) in [4.78, 5) is 0. The van der Waals surface area contributed by atoms with Crippen molar-refractivity contribution in [2.45, 2.75) is 90.6 Å². The lowest BCUT2D eigenvalue weighted by Crippen LogP contribution is -2.54. The van der Waals surface area contributed by atoms with Crippen LogP contribution in [-0.4, -0.2) is 35.5 Å². The molecule has 1 aliphatic heterocycles. The van der Waals surface area contributed by atoms with E-state index in [4.69, 9.17) is 0 Å². The molecule has 0 aromatic carbocycles. The van der Waals surface area contributed by atoms with Gasteiger partial charge in [0.2, 0.25) is 0 Å². The van der Waals surface area contributed by atoms with Crippen molar-refractivity contribution >= 4 is 0 Å². The summed E-state index contributed by atoms with van der Waals surface area (Å²) in [5, 5.41) is 12.8. The van der Waals surface area contributed by atoms with Crippen LogP contribution in [0.15, 0.2) is 24.6 Å². The van der Waals surface area contributed by atoms with E-state index in [2.05, 4.69) is 43.7 Å². The Morgan fingerprint density at radius 3 is 2.29 bits per heavy atom. The van der Waals surface area contributed by atoms with E-state index in [1.54, 1.807) is 0 Å². The van der Waals surface area contributed by atoms with Crippen LogP contribution in [-0.2, 0) is 0 Å². The van der Waals surface area contributed by atoms with Gasteiger partial charge in [-0.3, -0.25) is 4.48 Å². The maximum Gasteiger partial charge on any atom is 0.166 e. The zero-order valence-corrected chi connectivity index (χ0v) is 16.2. The van der Waals surface area contributed by atoms with Crippen molar-refractivity contribution < 1.29 is 9.59 Å². The second kappa shape index (κ2) is 13.5. The Kier molecular flexibility index (Phi) is 11.9. The van der Waals surface area contributed by atoms with E-state index >= 15 is 0 Å². The Hall–Kier alpha value is -0.800. The van der Waals surface area contributed by atoms with Crippen molar-refractivity contribution in [3.8, 4) is 0 Å². The third-order valence-electron chi connectivity index (χ3n) is 5.36. The van der Waals surface area contributed by atoms with Crippen LogP contribution >= 0.6 is 0 Å². The SMILES string of the molecule is CCC/C=C/CCCCCCCCCC1NC=C[N+]1(CC)CCO. The van der Waals surface area contributed by atoms with E-state index < -0.39 is 0 Å². The fourth-order valence-corrected chi connectivity index (χ4v) is 3.68. The van der Waals surface area contributed by atoms with Gasteiger partial charge in [0.25, 0.3) is 0 Å². The molecule has 1 heterocycles. The third kappa shape index (κ3) is 7.85. The van der Waals surface area contributed by atoms with Crippen LogP contribution in [0.1, 0.15) is 84.5 Å². The fourth-order valence-electron chi connectivity index (χ4n) is 3.68. The van der Waals surface area contributed by atoms with Crippen molar-refractivity contribution in [1.29, 1.82) is 0 Å². The number of unbranched alkanes of at least 4 members (excludes halogenated alkanes) is 8. The number of likely N-dealkylation sites (N-methyl/N-ethyl adjacent to an activating group) is 1. The van der Waals surface area contributed by atoms with Crippen LogP contribution in [0.25, 0.3) is 0 Å². The lowest BCUT2D eigenvalue weighted by atomic mass is 10.1. The summed E-state index contributed by atoms with van der Waals surface area (Å²) in [5.74, 6) is 0. The standard InChI is InChI=1S/C21H41N2O/c1-3-5-6-7-8-9-10-11-12-13-14-15-16-21-22-17-18-23(21,4-2)19-20-24/h6-7,17-18,21-22,24H,3-5,8-16,19-20H2,1-2H3/q+1/b7-6+. The molecule has 0 aliphatic carbocycles. The van der Waals surface area contributed by atoms with Crippen molar-refractivity contribution in [3.63, 3.8) is 0 Å². The minimum absolute atomic E-state index is 0.268. The molecule has 0 aromatic rings. The average molecular weight is 338 g/mol. The predicted octanol–water partition coefficient (Wildman–Crippen LogP) is 5.08. The highest BCUT2D eigenvalue weighted by Gasteiger charge is 2.35. The lowest BCUT2D eigenvalue weighted by Gasteiger charge is -2.36. The van der Waals surface area contributed by atoms with Gasteiger partial charge in [0.15, 0.2) is 6.17 Å². The van der Waals surface area contributed by atoms with Gasteiger partial charge in [-0.05, 0) is 32.6 Å². The van der Waals surface area contributed by atoms with Crippen molar-refractivity contribution in [2.75, 3.05) is 19.7 Å². The maximum absolute atomic E-state index is 9.33. The molecule has 1 aliphatic rings. The van der Waals surface area contributed by atoms with Crippen molar-refractivity contribution in [1.82, 2.24) is 5.32 Å². The van der Waals surface area contributed by atoms with Gasteiger partial charge in [0, 0.05) is 6.42 Å². The Bertz CT molecular complexity index is 354. The van der Waals surface area contributed by atoms with Crippen LogP contribution < -0.4 is 5.32 Å². The molecule has 1 rings (SSSR count). The number of quaternary nitrogens is 1. The first-order chi connectivity index (χ1) is 11.8. The minimum Gasteiger partial charge on any atom is -0.390 e. The lowest BCUT2D eigenvalue weighted by molar-refractivity contribution is -0.900. The van der Waals surface area contributed by atoms with Crippen LogP contribution in [0, 0.1) is 0 Å². The fraction of sp³-hybridized carbons (Fsp3) is 0.810. The topological polar surface area (TPSA) is 32.3 Å². The zero-order valence-electron chi connectivity index (χ0n) is 16.2. The second-order valence-corrected chi connectivity index (χ2v) is 7.18. The van der Waals surface area contributed by atoms with E-state index in [-0.39, 0.29) is 6.61 Å². The van der Waals surface area contributed by atoms with Gasteiger partial charge in [-0.15, -0.1) is 0 Å². The first-order valence-corrected chi connectivity index (χ1v) is 10.3. The first-order valence-electron chi connectivity index (χ1n) is 10.3. The Morgan fingerprint density at radius 2 is 1.62 bits per heavy atom. The molecule has 0 amide bonds. The van der Waals surface area contributed by atoms with E-state index in [0.29, 0.717) is 6.17 Å². The highest BCUT2D eigenvalue weighted by molar-refractivity contribution is 4.84. The number of hydrogen-bond donors (Lipinski definition) is 2. The number of aliphatic hydroxyl groups excluding tert-OH is 1. The highest BCUT2D eigenvalue weighted by Crippen LogP contribution is 2.22. The monoisotopic (exact) mass is 337 g/mol. The Balaban J connectivity index is 1.98. The number of nitrogens with one attached hydrogen (secondary N) is 1. The van der Waals surface area contributed by atoms with Crippen LogP contribution in [0.5, 0.6) is 0 Å². The molecule has 0 saturated heterocycles. The molecule has 0 radical (unpaired) electrons. The molecule has 3 heteroatoms. The summed E-state index contributed by atoms with van der Waals surface area (Å²) >= 11 is 0. The summed E-state index contributed by atoms with van der Waals surface area (Å²) in [6.45, 7) is 6.61. The average Bonchev–Trinajstić information content (AvgIpc) is 2.99. The molecule has 140 valence electrons. The summed E-state index contributed by atoms with van der Waals surface area (Å²) in [6, 6.07) is 0. The predicted molar refractivity (Wildman–Crippen MR) is 104 cm³/mol. The number of allylic oxidation sites excluding steroid dienone is 2. The second-order valence-electron chi connectivity index (χ2n) is 7.18. The number of aliphatic hydroxyl groups is 1. The van der Waals surface area contributed by atoms with E-state index in [1.165, 1.54) is 70.6 Å². The molecule has 2 atom stereocenters. The summed E-state index contributed by atoms with van der Waals surface area (Å²) in [7, 11) is 0. The maximum atomic E-state index is 9.33. The smallest absolute Gasteiger partial charge is 0.166 e. The Morgan fingerprint density at radius 1 is 0.958 bits per heavy atom. The number of nitrogens with zero attached hydrogens (tertiary/aromatic N) is 1. The van der Waals surface area contributed by atoms with Gasteiger partial charge in [-0.2, -0.15) is 0 Å². The minimum atomic E-state index is 0.268. The molecular formula is C21H41N2O+. The van der Waals surface area contributed by atoms with Gasteiger partial charge in [-0.25, -0.2) is 0 Å². The molecule has 24 heavy (non-hydrogen) atoms. The molecule has 3 nitrogen and oxygen atoms in total. The van der Waals surface area contributed by atoms with Crippen LogP contribution in [0.3, 0.4) is 0 Å². The molecule has 2 unspecified atom stereocenters. The molecule has 0 aromatic heterocycles. The Labute approximate surface area is 150 Å². The van der Waals surface area contributed by atoms with Gasteiger partial charge < -0.3 is 10.4 Å². The van der Waals surface area contributed by atoms with Crippen LogP contribution in [0.2, 0.25) is 0 Å². The van der Waals surface area contributed by atoms with E-state index in [0.717, 1.165) is 17.6 Å². The van der Waals surface area contributed by atoms with Crippen LogP contribution in [0.4, 0.5) is 0 Å². The molecule has 0 bridgehead atoms. The van der Waals surface area contributed by atoms with Gasteiger partial charge >= 0.3 is 0 Å². The molecule has 2 N–H and O–H groups in total. The first kappa shape index (κ1) is 21.2. The van der Waals surface area contributed by atoms with E-state index in [9.17, 15) is 5.11 Å². The summed E-state index contributed by atoms with van der Waals surface area (Å²) in [5.41, 5.74) is 0. The summed E-state index contributed by atoms with van der Waals surface area (Å²) < 4.78 is 0.905. The zero-order chi connectivity index (χ0) is 17.5. The van der Waals surface area contributed by atoms with Gasteiger partial charge in [-0.1, -0.05) is 57.6 Å². The number of rotatable bonds is 15. The molecule has 0 saturated carbocycles. The van der Waals surface area contributed by atoms with Gasteiger partial charge in [0.1, 0.15) is 12.7 Å². The normalized spacial score (nSPS) is 23.2. The highest BCUT2D eigenvalue weighted by atomic mass is 16.3. The van der Waals surface area contributed by atoms with Gasteiger partial charge in [0.05, 0.1) is 19.4 Å². The number of hydrogen-bond acceptors (Lipinski definition) is 2. The third-order valence-corrected chi connectivity index (χ3v) is 5.36. The largest absolute Gasteiger partial charge is 0.390 e. The van der Waals surface area contributed by atoms with Crippen molar-refractivity contribution in [2.24, 2.45) is 0 Å². The quantitative estimate of drug-likeness (QED) is 0.248. The van der Waals surface area contributed by atoms with E-state index in [1.807, 2.05) is 0 Å². The molecule has 0 fully saturated rings. The molecule has 0 spiro atoms.